The van der Waals surface area contributed by atoms with Crippen LogP contribution >= 0.6 is 0 Å². The van der Waals surface area contributed by atoms with E-state index in [9.17, 15) is 9.90 Å². The maximum Gasteiger partial charge on any atom is 0.234 e. The van der Waals surface area contributed by atoms with Crippen molar-refractivity contribution in [2.75, 3.05) is 19.8 Å². The summed E-state index contributed by atoms with van der Waals surface area (Å²) in [6, 6.07) is 7.72. The molecular formula is C17H26N2O3. The number of benzene rings is 1. The number of ether oxygens (including phenoxy) is 1. The van der Waals surface area contributed by atoms with Crippen molar-refractivity contribution in [1.82, 2.24) is 10.6 Å². The van der Waals surface area contributed by atoms with E-state index in [2.05, 4.69) is 10.6 Å². The van der Waals surface area contributed by atoms with E-state index in [0.717, 1.165) is 37.0 Å². The number of carbonyl (C=O) groups is 1. The van der Waals surface area contributed by atoms with Crippen LogP contribution in [0, 0.1) is 0 Å². The fourth-order valence-electron chi connectivity index (χ4n) is 2.89. The van der Waals surface area contributed by atoms with Gasteiger partial charge < -0.3 is 20.5 Å². The average molecular weight is 306 g/mol. The van der Waals surface area contributed by atoms with Crippen molar-refractivity contribution >= 4 is 5.91 Å². The number of aliphatic hydroxyl groups excluding tert-OH is 1. The first kappa shape index (κ1) is 16.8. The molecule has 5 heteroatoms. The van der Waals surface area contributed by atoms with Gasteiger partial charge in [-0.2, -0.15) is 0 Å². The topological polar surface area (TPSA) is 70.6 Å². The molecule has 1 aliphatic rings. The van der Waals surface area contributed by atoms with E-state index < -0.39 is 0 Å². The molecular weight excluding hydrogens is 280 g/mol. The maximum atomic E-state index is 12.0. The molecule has 0 bridgehead atoms. The minimum Gasteiger partial charge on any atom is -0.494 e. The summed E-state index contributed by atoms with van der Waals surface area (Å²) in [6.07, 6.45) is 4.10. The largest absolute Gasteiger partial charge is 0.494 e. The molecule has 3 N–H and O–H groups in total. The lowest BCUT2D eigenvalue weighted by molar-refractivity contribution is -0.120. The van der Waals surface area contributed by atoms with E-state index in [-0.39, 0.29) is 24.6 Å². The first-order valence-corrected chi connectivity index (χ1v) is 8.02. The van der Waals surface area contributed by atoms with Crippen molar-refractivity contribution in [2.24, 2.45) is 0 Å². The van der Waals surface area contributed by atoms with Gasteiger partial charge in [-0.15, -0.1) is 0 Å². The first-order valence-electron chi connectivity index (χ1n) is 8.02. The van der Waals surface area contributed by atoms with Crippen LogP contribution in [0.15, 0.2) is 24.3 Å². The summed E-state index contributed by atoms with van der Waals surface area (Å²) >= 11 is 0. The number of aliphatic hydroxyl groups is 1. The molecule has 2 rings (SSSR count). The van der Waals surface area contributed by atoms with Gasteiger partial charge in [0.05, 0.1) is 19.8 Å². The lowest BCUT2D eigenvalue weighted by Crippen LogP contribution is -2.50. The Morgan fingerprint density at radius 1 is 1.36 bits per heavy atom. The van der Waals surface area contributed by atoms with Crippen molar-refractivity contribution in [3.63, 3.8) is 0 Å². The van der Waals surface area contributed by atoms with E-state index in [1.54, 1.807) is 0 Å². The minimum absolute atomic E-state index is 0.0541. The highest BCUT2D eigenvalue weighted by molar-refractivity contribution is 5.78. The van der Waals surface area contributed by atoms with Gasteiger partial charge in [0.2, 0.25) is 5.91 Å². The summed E-state index contributed by atoms with van der Waals surface area (Å²) in [6.45, 7) is 3.39. The lowest BCUT2D eigenvalue weighted by atomic mass is 9.99. The highest BCUT2D eigenvalue weighted by atomic mass is 16.5. The normalized spacial score (nSPS) is 16.5. The smallest absolute Gasteiger partial charge is 0.234 e. The molecule has 1 amide bonds. The number of carbonyl (C=O) groups excluding carboxylic acids is 1. The third-order valence-electron chi connectivity index (χ3n) is 4.19. The molecule has 0 atom stereocenters. The van der Waals surface area contributed by atoms with Gasteiger partial charge in [-0.1, -0.05) is 25.0 Å². The molecule has 0 unspecified atom stereocenters. The van der Waals surface area contributed by atoms with Crippen LogP contribution in [0.4, 0.5) is 0 Å². The molecule has 1 aromatic rings. The Morgan fingerprint density at radius 2 is 2.14 bits per heavy atom. The molecule has 122 valence electrons. The summed E-state index contributed by atoms with van der Waals surface area (Å²) < 4.78 is 5.44. The van der Waals surface area contributed by atoms with Gasteiger partial charge >= 0.3 is 0 Å². The molecule has 5 nitrogen and oxygen atoms in total. The Bertz CT molecular complexity index is 485. The standard InChI is InChI=1S/C17H26N2O3/c1-2-22-15-7-5-6-14(10-15)11-18-16(21)12-19-17(13-20)8-3-4-9-17/h5-7,10,19-20H,2-4,8-9,11-13H2,1H3,(H,18,21). The van der Waals surface area contributed by atoms with Gasteiger partial charge in [0.1, 0.15) is 5.75 Å². The van der Waals surface area contributed by atoms with Gasteiger partial charge in [0.15, 0.2) is 0 Å². The fourth-order valence-corrected chi connectivity index (χ4v) is 2.89. The second kappa shape index (κ2) is 8.15. The zero-order chi connectivity index (χ0) is 15.8. The molecule has 0 spiro atoms. The van der Waals surface area contributed by atoms with Crippen molar-refractivity contribution in [3.05, 3.63) is 29.8 Å². The quantitative estimate of drug-likeness (QED) is 0.682. The van der Waals surface area contributed by atoms with Crippen LogP contribution in [-0.4, -0.2) is 36.3 Å². The monoisotopic (exact) mass is 306 g/mol. The number of amides is 1. The van der Waals surface area contributed by atoms with E-state index in [4.69, 9.17) is 4.74 Å². The minimum atomic E-state index is -0.258. The van der Waals surface area contributed by atoms with Crippen LogP contribution in [0.5, 0.6) is 5.75 Å². The Kier molecular flexibility index (Phi) is 6.21. The Hall–Kier alpha value is -1.59. The molecule has 1 aromatic carbocycles. The highest BCUT2D eigenvalue weighted by Crippen LogP contribution is 2.28. The zero-order valence-corrected chi connectivity index (χ0v) is 13.2. The molecule has 0 saturated heterocycles. The molecule has 1 saturated carbocycles. The summed E-state index contributed by atoms with van der Waals surface area (Å²) in [5.41, 5.74) is 0.753. The Balaban J connectivity index is 1.76. The third kappa shape index (κ3) is 4.71. The predicted octanol–water partition coefficient (Wildman–Crippen LogP) is 1.60. The van der Waals surface area contributed by atoms with Crippen LogP contribution in [-0.2, 0) is 11.3 Å². The van der Waals surface area contributed by atoms with E-state index in [0.29, 0.717) is 13.2 Å². The summed E-state index contributed by atoms with van der Waals surface area (Å²) in [4.78, 5) is 12.0. The van der Waals surface area contributed by atoms with E-state index in [1.807, 2.05) is 31.2 Å². The lowest BCUT2D eigenvalue weighted by Gasteiger charge is -2.27. The third-order valence-corrected chi connectivity index (χ3v) is 4.19. The second-order valence-corrected chi connectivity index (χ2v) is 5.86. The maximum absolute atomic E-state index is 12.0. The van der Waals surface area contributed by atoms with Crippen molar-refractivity contribution in [3.8, 4) is 5.75 Å². The molecule has 22 heavy (non-hydrogen) atoms. The van der Waals surface area contributed by atoms with Crippen molar-refractivity contribution < 1.29 is 14.6 Å². The molecule has 1 fully saturated rings. The Morgan fingerprint density at radius 3 is 2.82 bits per heavy atom. The Labute approximate surface area is 132 Å². The summed E-state index contributed by atoms with van der Waals surface area (Å²) in [5.74, 6) is 0.763. The molecule has 0 radical (unpaired) electrons. The van der Waals surface area contributed by atoms with Crippen molar-refractivity contribution in [2.45, 2.75) is 44.7 Å². The highest BCUT2D eigenvalue weighted by Gasteiger charge is 2.32. The molecule has 0 aromatic heterocycles. The SMILES string of the molecule is CCOc1cccc(CNC(=O)CNC2(CO)CCCC2)c1. The van der Waals surface area contributed by atoms with Crippen molar-refractivity contribution in [1.29, 1.82) is 0 Å². The van der Waals surface area contributed by atoms with Crippen LogP contribution in [0.3, 0.4) is 0 Å². The second-order valence-electron chi connectivity index (χ2n) is 5.86. The fraction of sp³-hybridized carbons (Fsp3) is 0.588. The average Bonchev–Trinajstić information content (AvgIpc) is 3.01. The summed E-state index contributed by atoms with van der Waals surface area (Å²) in [5, 5.41) is 15.6. The van der Waals surface area contributed by atoms with Gasteiger partial charge in [0, 0.05) is 12.1 Å². The first-order chi connectivity index (χ1) is 10.7. The van der Waals surface area contributed by atoms with Gasteiger partial charge in [-0.05, 0) is 37.5 Å². The summed E-state index contributed by atoms with van der Waals surface area (Å²) in [7, 11) is 0. The van der Waals surface area contributed by atoms with Gasteiger partial charge in [-0.3, -0.25) is 4.79 Å². The zero-order valence-electron chi connectivity index (χ0n) is 13.2. The van der Waals surface area contributed by atoms with E-state index >= 15 is 0 Å². The van der Waals surface area contributed by atoms with Gasteiger partial charge in [0.25, 0.3) is 0 Å². The molecule has 0 heterocycles. The molecule has 1 aliphatic carbocycles. The van der Waals surface area contributed by atoms with Crippen LogP contribution in [0.2, 0.25) is 0 Å². The number of hydrogen-bond acceptors (Lipinski definition) is 4. The van der Waals surface area contributed by atoms with Crippen LogP contribution in [0.1, 0.15) is 38.2 Å². The van der Waals surface area contributed by atoms with Crippen LogP contribution in [0.25, 0.3) is 0 Å². The molecule has 0 aliphatic heterocycles. The number of rotatable bonds is 8. The van der Waals surface area contributed by atoms with Gasteiger partial charge in [-0.25, -0.2) is 0 Å². The number of nitrogens with one attached hydrogen (secondary N) is 2. The number of hydrogen-bond donors (Lipinski definition) is 3. The van der Waals surface area contributed by atoms with E-state index in [1.165, 1.54) is 0 Å². The predicted molar refractivity (Wildman–Crippen MR) is 85.7 cm³/mol. The van der Waals surface area contributed by atoms with Crippen LogP contribution < -0.4 is 15.4 Å².